The van der Waals surface area contributed by atoms with E-state index in [-0.39, 0.29) is 36.2 Å². The van der Waals surface area contributed by atoms with E-state index in [1.165, 1.54) is 4.90 Å². The molecule has 0 unspecified atom stereocenters. The molecule has 2 amide bonds. The summed E-state index contributed by atoms with van der Waals surface area (Å²) < 4.78 is 5.47. The molecular weight excluding hydrogens is 318 g/mol. The first-order valence-electron chi connectivity index (χ1n) is 7.52. The van der Waals surface area contributed by atoms with Crippen LogP contribution in [0, 0.1) is 5.41 Å². The SMILES string of the molecule is CNC(=O)C(C)(C)CN(Cc1nc(C(C)(C)C)co1)C(=O)CCl. The largest absolute Gasteiger partial charge is 0.447 e. The Morgan fingerprint density at radius 3 is 2.35 bits per heavy atom. The molecule has 0 aliphatic heterocycles. The third-order valence-corrected chi connectivity index (χ3v) is 3.77. The quantitative estimate of drug-likeness (QED) is 0.804. The van der Waals surface area contributed by atoms with Crippen molar-refractivity contribution in [2.75, 3.05) is 19.5 Å². The van der Waals surface area contributed by atoms with Crippen molar-refractivity contribution in [3.63, 3.8) is 0 Å². The second-order valence-corrected chi connectivity index (χ2v) is 7.49. The Kier molecular flexibility index (Phi) is 6.22. The highest BCUT2D eigenvalue weighted by Gasteiger charge is 2.32. The van der Waals surface area contributed by atoms with Gasteiger partial charge < -0.3 is 14.6 Å². The van der Waals surface area contributed by atoms with Crippen molar-refractivity contribution >= 4 is 23.4 Å². The molecule has 1 aromatic rings. The number of rotatable bonds is 6. The highest BCUT2D eigenvalue weighted by Crippen LogP contribution is 2.23. The van der Waals surface area contributed by atoms with Gasteiger partial charge in [-0.05, 0) is 13.8 Å². The average Bonchev–Trinajstić information content (AvgIpc) is 2.93. The molecule has 0 saturated carbocycles. The average molecular weight is 344 g/mol. The first-order valence-corrected chi connectivity index (χ1v) is 8.05. The van der Waals surface area contributed by atoms with Gasteiger partial charge in [0.2, 0.25) is 17.7 Å². The maximum atomic E-state index is 12.1. The molecule has 0 aliphatic carbocycles. The highest BCUT2D eigenvalue weighted by molar-refractivity contribution is 6.27. The zero-order valence-electron chi connectivity index (χ0n) is 14.7. The fraction of sp³-hybridized carbons (Fsp3) is 0.688. The first kappa shape index (κ1) is 19.5. The van der Waals surface area contributed by atoms with E-state index in [1.54, 1.807) is 27.2 Å². The molecule has 130 valence electrons. The second-order valence-electron chi connectivity index (χ2n) is 7.22. The van der Waals surface area contributed by atoms with Crippen LogP contribution in [0.1, 0.15) is 46.2 Å². The topological polar surface area (TPSA) is 75.4 Å². The highest BCUT2D eigenvalue weighted by atomic mass is 35.5. The molecule has 7 heteroatoms. The lowest BCUT2D eigenvalue weighted by atomic mass is 9.91. The summed E-state index contributed by atoms with van der Waals surface area (Å²) in [5, 5.41) is 2.61. The lowest BCUT2D eigenvalue weighted by molar-refractivity contribution is -0.135. The van der Waals surface area contributed by atoms with E-state index >= 15 is 0 Å². The Morgan fingerprint density at radius 1 is 1.30 bits per heavy atom. The lowest BCUT2D eigenvalue weighted by Gasteiger charge is -2.30. The third kappa shape index (κ3) is 5.23. The van der Waals surface area contributed by atoms with E-state index in [2.05, 4.69) is 10.3 Å². The molecule has 0 fully saturated rings. The van der Waals surface area contributed by atoms with Gasteiger partial charge in [-0.3, -0.25) is 9.59 Å². The van der Waals surface area contributed by atoms with Crippen LogP contribution in [0.3, 0.4) is 0 Å². The van der Waals surface area contributed by atoms with Gasteiger partial charge in [0.1, 0.15) is 12.1 Å². The van der Waals surface area contributed by atoms with E-state index in [0.717, 1.165) is 5.69 Å². The zero-order chi connectivity index (χ0) is 17.8. The van der Waals surface area contributed by atoms with Crippen LogP contribution in [0.15, 0.2) is 10.7 Å². The van der Waals surface area contributed by atoms with Gasteiger partial charge in [-0.2, -0.15) is 0 Å². The van der Waals surface area contributed by atoms with Crippen LogP contribution in [-0.2, 0) is 21.5 Å². The van der Waals surface area contributed by atoms with Crippen LogP contribution in [-0.4, -0.2) is 41.2 Å². The number of amides is 2. The fourth-order valence-electron chi connectivity index (χ4n) is 2.10. The molecule has 0 saturated heterocycles. The van der Waals surface area contributed by atoms with E-state index in [9.17, 15) is 9.59 Å². The van der Waals surface area contributed by atoms with Gasteiger partial charge in [0, 0.05) is 19.0 Å². The number of carbonyl (C=O) groups is 2. The van der Waals surface area contributed by atoms with E-state index in [0.29, 0.717) is 5.89 Å². The van der Waals surface area contributed by atoms with Crippen LogP contribution >= 0.6 is 11.6 Å². The molecular formula is C16H26ClN3O3. The van der Waals surface area contributed by atoms with Crippen LogP contribution < -0.4 is 5.32 Å². The van der Waals surface area contributed by atoms with E-state index in [4.69, 9.17) is 16.0 Å². The fourth-order valence-corrected chi connectivity index (χ4v) is 2.26. The van der Waals surface area contributed by atoms with Gasteiger partial charge >= 0.3 is 0 Å². The normalized spacial score (nSPS) is 12.1. The second kappa shape index (κ2) is 7.34. The van der Waals surface area contributed by atoms with Crippen molar-refractivity contribution in [3.05, 3.63) is 17.8 Å². The summed E-state index contributed by atoms with van der Waals surface area (Å²) in [6.45, 7) is 10.1. The smallest absolute Gasteiger partial charge is 0.237 e. The summed E-state index contributed by atoms with van der Waals surface area (Å²) in [6, 6.07) is 0. The maximum Gasteiger partial charge on any atom is 0.237 e. The van der Waals surface area contributed by atoms with Gasteiger partial charge in [-0.25, -0.2) is 4.98 Å². The van der Waals surface area contributed by atoms with Gasteiger partial charge in [0.05, 0.1) is 17.7 Å². The number of nitrogens with zero attached hydrogens (tertiary/aromatic N) is 2. The Hall–Kier alpha value is -1.56. The van der Waals surface area contributed by atoms with Crippen molar-refractivity contribution in [2.24, 2.45) is 5.41 Å². The number of nitrogens with one attached hydrogen (secondary N) is 1. The van der Waals surface area contributed by atoms with Crippen molar-refractivity contribution in [1.82, 2.24) is 15.2 Å². The van der Waals surface area contributed by atoms with Crippen molar-refractivity contribution < 1.29 is 14.0 Å². The minimum atomic E-state index is -0.740. The standard InChI is InChI=1S/C16H26ClN3O3/c1-15(2,3)11-9-23-12(19-11)8-20(13(21)7-17)10-16(4,5)14(22)18-6/h9H,7-8,10H2,1-6H3,(H,18,22). The molecule has 1 heterocycles. The summed E-state index contributed by atoms with van der Waals surface area (Å²) in [6.07, 6.45) is 1.60. The Labute approximate surface area is 142 Å². The minimum absolute atomic E-state index is 0.134. The molecule has 1 aromatic heterocycles. The van der Waals surface area contributed by atoms with Crippen LogP contribution in [0.2, 0.25) is 0 Å². The summed E-state index contributed by atoms with van der Waals surface area (Å²) in [4.78, 5) is 30.0. The first-order chi connectivity index (χ1) is 10.5. The number of aromatic nitrogens is 1. The Morgan fingerprint density at radius 2 is 1.91 bits per heavy atom. The van der Waals surface area contributed by atoms with Gasteiger partial charge in [0.15, 0.2) is 0 Å². The van der Waals surface area contributed by atoms with Crippen LogP contribution in [0.25, 0.3) is 0 Å². The Bertz CT molecular complexity index is 561. The molecule has 0 atom stereocenters. The van der Waals surface area contributed by atoms with Crippen LogP contribution in [0.5, 0.6) is 0 Å². The lowest BCUT2D eigenvalue weighted by Crippen LogP contribution is -2.46. The number of halogens is 1. The molecule has 0 spiro atoms. The van der Waals surface area contributed by atoms with Gasteiger partial charge in [-0.15, -0.1) is 11.6 Å². The molecule has 0 bridgehead atoms. The predicted molar refractivity (Wildman–Crippen MR) is 89.2 cm³/mol. The third-order valence-electron chi connectivity index (χ3n) is 3.54. The molecule has 6 nitrogen and oxygen atoms in total. The summed E-state index contributed by atoms with van der Waals surface area (Å²) in [7, 11) is 1.57. The maximum absolute atomic E-state index is 12.1. The summed E-state index contributed by atoms with van der Waals surface area (Å²) in [5.74, 6) is -0.135. The molecule has 0 aromatic carbocycles. The molecule has 23 heavy (non-hydrogen) atoms. The van der Waals surface area contributed by atoms with Gasteiger partial charge in [-0.1, -0.05) is 20.8 Å². The summed E-state index contributed by atoms with van der Waals surface area (Å²) in [5.41, 5.74) is -0.0586. The number of oxazole rings is 1. The molecule has 1 N–H and O–H groups in total. The van der Waals surface area contributed by atoms with Gasteiger partial charge in [0.25, 0.3) is 0 Å². The zero-order valence-corrected chi connectivity index (χ0v) is 15.5. The van der Waals surface area contributed by atoms with Crippen molar-refractivity contribution in [3.8, 4) is 0 Å². The number of hydrogen-bond donors (Lipinski definition) is 1. The van der Waals surface area contributed by atoms with Crippen molar-refractivity contribution in [2.45, 2.75) is 46.6 Å². The number of hydrogen-bond acceptors (Lipinski definition) is 4. The van der Waals surface area contributed by atoms with Crippen molar-refractivity contribution in [1.29, 1.82) is 0 Å². The van der Waals surface area contributed by atoms with Crippen LogP contribution in [0.4, 0.5) is 0 Å². The van der Waals surface area contributed by atoms with E-state index < -0.39 is 5.41 Å². The Balaban J connectivity index is 2.94. The monoisotopic (exact) mass is 343 g/mol. The summed E-state index contributed by atoms with van der Waals surface area (Å²) >= 11 is 5.69. The predicted octanol–water partition coefficient (Wildman–Crippen LogP) is 2.31. The molecule has 0 aliphatic rings. The van der Waals surface area contributed by atoms with E-state index in [1.807, 2.05) is 20.8 Å². The number of alkyl halides is 1. The minimum Gasteiger partial charge on any atom is -0.447 e. The molecule has 0 radical (unpaired) electrons. The number of carbonyl (C=O) groups excluding carboxylic acids is 2. The molecule has 1 rings (SSSR count).